The molecule has 1 unspecified atom stereocenters. The number of nitrogens with zero attached hydrogens (tertiary/aromatic N) is 3. The number of hydrogen-bond acceptors (Lipinski definition) is 6. The Balaban J connectivity index is 1.40. The van der Waals surface area contributed by atoms with Gasteiger partial charge in [0.05, 0.1) is 25.5 Å². The molecule has 0 amide bonds. The van der Waals surface area contributed by atoms with Crippen molar-refractivity contribution in [2.75, 3.05) is 13.2 Å². The molecule has 1 saturated carbocycles. The van der Waals surface area contributed by atoms with E-state index in [2.05, 4.69) is 23.9 Å². The standard InChI is InChI=1S/C16H24N4O2S/c1-15(2)9-21-16(22-10-15)5-3-11(4-6-16)12(17)13-19-20-8-7-18-14(20)23-13/h7-8,11-12H,3-6,9-10,17H2,1-2H3. The molecule has 1 aliphatic carbocycles. The Labute approximate surface area is 140 Å². The predicted molar refractivity (Wildman–Crippen MR) is 88.2 cm³/mol. The van der Waals surface area contributed by atoms with Gasteiger partial charge in [-0.15, -0.1) is 0 Å². The SMILES string of the molecule is CC1(C)COC2(CCC(C(N)c3nn4ccnc4s3)CC2)OC1. The Kier molecular flexibility index (Phi) is 3.72. The van der Waals surface area contributed by atoms with E-state index < -0.39 is 0 Å². The van der Waals surface area contributed by atoms with E-state index in [0.29, 0.717) is 5.92 Å². The first kappa shape index (κ1) is 15.5. The summed E-state index contributed by atoms with van der Waals surface area (Å²) in [7, 11) is 0. The maximum atomic E-state index is 6.48. The van der Waals surface area contributed by atoms with Crippen molar-refractivity contribution >= 4 is 16.3 Å². The summed E-state index contributed by atoms with van der Waals surface area (Å²) in [5, 5.41) is 5.53. The van der Waals surface area contributed by atoms with Crippen LogP contribution in [0.25, 0.3) is 4.96 Å². The molecule has 1 saturated heterocycles. The number of hydrogen-bond donors (Lipinski definition) is 1. The van der Waals surface area contributed by atoms with E-state index in [-0.39, 0.29) is 17.2 Å². The molecule has 126 valence electrons. The summed E-state index contributed by atoms with van der Waals surface area (Å²) < 4.78 is 14.0. The lowest BCUT2D eigenvalue weighted by molar-refractivity contribution is -0.312. The van der Waals surface area contributed by atoms with Crippen LogP contribution in [-0.4, -0.2) is 33.6 Å². The number of aromatic nitrogens is 3. The Morgan fingerprint density at radius 2 is 2.00 bits per heavy atom. The van der Waals surface area contributed by atoms with Gasteiger partial charge in [-0.1, -0.05) is 25.2 Å². The fourth-order valence-corrected chi connectivity index (χ4v) is 4.41. The molecule has 1 spiro atoms. The van der Waals surface area contributed by atoms with Crippen molar-refractivity contribution in [2.24, 2.45) is 17.1 Å². The van der Waals surface area contributed by atoms with Gasteiger partial charge in [0.25, 0.3) is 0 Å². The minimum absolute atomic E-state index is 0.0286. The zero-order chi connectivity index (χ0) is 16.1. The maximum absolute atomic E-state index is 6.48. The van der Waals surface area contributed by atoms with Gasteiger partial charge < -0.3 is 15.2 Å². The van der Waals surface area contributed by atoms with Crippen molar-refractivity contribution in [3.63, 3.8) is 0 Å². The molecule has 0 aromatic carbocycles. The summed E-state index contributed by atoms with van der Waals surface area (Å²) in [6.07, 6.45) is 7.50. The van der Waals surface area contributed by atoms with Crippen LogP contribution in [0.4, 0.5) is 0 Å². The van der Waals surface area contributed by atoms with Crippen LogP contribution in [0.3, 0.4) is 0 Å². The molecule has 3 heterocycles. The number of ether oxygens (including phenoxy) is 2. The molecule has 7 heteroatoms. The summed E-state index contributed by atoms with van der Waals surface area (Å²) in [6.45, 7) is 5.90. The van der Waals surface area contributed by atoms with Crippen LogP contribution in [-0.2, 0) is 9.47 Å². The fraction of sp³-hybridized carbons (Fsp3) is 0.750. The van der Waals surface area contributed by atoms with Crippen LogP contribution in [0, 0.1) is 11.3 Å². The minimum Gasteiger partial charge on any atom is -0.349 e. The lowest BCUT2D eigenvalue weighted by atomic mass is 9.80. The molecule has 2 N–H and O–H groups in total. The first-order valence-corrected chi connectivity index (χ1v) is 9.12. The first-order valence-electron chi connectivity index (χ1n) is 8.30. The number of nitrogens with two attached hydrogens (primary N) is 1. The van der Waals surface area contributed by atoms with Gasteiger partial charge in [0.15, 0.2) is 5.79 Å². The second kappa shape index (κ2) is 5.51. The number of imidazole rings is 1. The van der Waals surface area contributed by atoms with Crippen molar-refractivity contribution in [1.29, 1.82) is 0 Å². The third kappa shape index (κ3) is 2.91. The maximum Gasteiger partial charge on any atom is 0.212 e. The van der Waals surface area contributed by atoms with Gasteiger partial charge in [-0.3, -0.25) is 0 Å². The van der Waals surface area contributed by atoms with Crippen molar-refractivity contribution in [3.05, 3.63) is 17.4 Å². The lowest BCUT2D eigenvalue weighted by Gasteiger charge is -2.47. The largest absolute Gasteiger partial charge is 0.349 e. The Morgan fingerprint density at radius 1 is 1.30 bits per heavy atom. The van der Waals surface area contributed by atoms with Crippen molar-refractivity contribution in [3.8, 4) is 0 Å². The molecule has 2 aliphatic rings. The molecular weight excluding hydrogens is 312 g/mol. The Bertz CT molecular complexity index is 647. The van der Waals surface area contributed by atoms with Crippen LogP contribution in [0.1, 0.15) is 50.6 Å². The van der Waals surface area contributed by atoms with E-state index >= 15 is 0 Å². The summed E-state index contributed by atoms with van der Waals surface area (Å²) in [6, 6.07) is -0.0286. The normalized spacial score (nSPS) is 25.9. The van der Waals surface area contributed by atoms with Gasteiger partial charge >= 0.3 is 0 Å². The minimum atomic E-state index is -0.372. The average Bonchev–Trinajstić information content (AvgIpc) is 3.12. The van der Waals surface area contributed by atoms with Crippen molar-refractivity contribution in [1.82, 2.24) is 14.6 Å². The molecular formula is C16H24N4O2S. The fourth-order valence-electron chi connectivity index (χ4n) is 3.45. The highest BCUT2D eigenvalue weighted by Gasteiger charge is 2.44. The molecule has 2 aromatic heterocycles. The zero-order valence-corrected chi connectivity index (χ0v) is 14.5. The molecule has 0 radical (unpaired) electrons. The van der Waals surface area contributed by atoms with Crippen molar-refractivity contribution in [2.45, 2.75) is 51.4 Å². The monoisotopic (exact) mass is 336 g/mol. The second-order valence-corrected chi connectivity index (χ2v) is 8.60. The lowest BCUT2D eigenvalue weighted by Crippen LogP contribution is -2.50. The quantitative estimate of drug-likeness (QED) is 0.913. The third-order valence-corrected chi connectivity index (χ3v) is 6.07. The van der Waals surface area contributed by atoms with Crippen LogP contribution in [0.15, 0.2) is 12.4 Å². The molecule has 2 fully saturated rings. The first-order chi connectivity index (χ1) is 11.0. The molecule has 23 heavy (non-hydrogen) atoms. The topological polar surface area (TPSA) is 74.7 Å². The third-order valence-electron chi connectivity index (χ3n) is 5.03. The molecule has 0 bridgehead atoms. The second-order valence-electron chi connectivity index (χ2n) is 7.61. The van der Waals surface area contributed by atoms with Gasteiger partial charge in [0.1, 0.15) is 5.01 Å². The predicted octanol–water partition coefficient (Wildman–Crippen LogP) is 2.75. The van der Waals surface area contributed by atoms with Crippen LogP contribution >= 0.6 is 11.3 Å². The Hall–Kier alpha value is -1.02. The smallest absolute Gasteiger partial charge is 0.212 e. The van der Waals surface area contributed by atoms with Crippen LogP contribution < -0.4 is 5.73 Å². The van der Waals surface area contributed by atoms with E-state index in [1.54, 1.807) is 22.0 Å². The van der Waals surface area contributed by atoms with E-state index in [1.807, 2.05) is 6.20 Å². The summed E-state index contributed by atoms with van der Waals surface area (Å²) in [5.41, 5.74) is 6.60. The van der Waals surface area contributed by atoms with Gasteiger partial charge in [-0.2, -0.15) is 5.10 Å². The highest BCUT2D eigenvalue weighted by Crippen LogP contribution is 2.44. The highest BCUT2D eigenvalue weighted by molar-refractivity contribution is 7.16. The summed E-state index contributed by atoms with van der Waals surface area (Å²) in [4.78, 5) is 5.18. The van der Waals surface area contributed by atoms with Crippen molar-refractivity contribution < 1.29 is 9.47 Å². The van der Waals surface area contributed by atoms with Gasteiger partial charge in [0.2, 0.25) is 4.96 Å². The number of rotatable bonds is 2. The molecule has 4 rings (SSSR count). The highest BCUT2D eigenvalue weighted by atomic mass is 32.1. The van der Waals surface area contributed by atoms with E-state index in [1.165, 1.54) is 0 Å². The summed E-state index contributed by atoms with van der Waals surface area (Å²) >= 11 is 1.59. The van der Waals surface area contributed by atoms with Crippen LogP contribution in [0.2, 0.25) is 0 Å². The average molecular weight is 336 g/mol. The number of fused-ring (bicyclic) bond motifs is 1. The van der Waals surface area contributed by atoms with Gasteiger partial charge in [0, 0.05) is 24.5 Å². The molecule has 1 atom stereocenters. The zero-order valence-electron chi connectivity index (χ0n) is 13.7. The van der Waals surface area contributed by atoms with E-state index in [0.717, 1.165) is 48.9 Å². The van der Waals surface area contributed by atoms with Gasteiger partial charge in [-0.05, 0) is 18.8 Å². The van der Waals surface area contributed by atoms with E-state index in [4.69, 9.17) is 15.2 Å². The Morgan fingerprint density at radius 3 is 2.65 bits per heavy atom. The van der Waals surface area contributed by atoms with Crippen LogP contribution in [0.5, 0.6) is 0 Å². The molecule has 1 aliphatic heterocycles. The molecule has 2 aromatic rings. The van der Waals surface area contributed by atoms with Gasteiger partial charge in [-0.25, -0.2) is 9.50 Å². The molecule has 6 nitrogen and oxygen atoms in total. The van der Waals surface area contributed by atoms with E-state index in [9.17, 15) is 0 Å². The summed E-state index contributed by atoms with van der Waals surface area (Å²) in [5.74, 6) is 0.0574.